The van der Waals surface area contributed by atoms with E-state index in [-0.39, 0.29) is 22.3 Å². The van der Waals surface area contributed by atoms with Crippen LogP contribution in [0.4, 0.5) is 5.69 Å². The summed E-state index contributed by atoms with van der Waals surface area (Å²) in [6, 6.07) is 11.9. The first-order valence-electron chi connectivity index (χ1n) is 9.22. The van der Waals surface area contributed by atoms with Gasteiger partial charge in [0.15, 0.2) is 0 Å². The summed E-state index contributed by atoms with van der Waals surface area (Å²) in [5.41, 5.74) is 5.27. The van der Waals surface area contributed by atoms with Crippen molar-refractivity contribution in [2.24, 2.45) is 5.92 Å². The number of anilines is 1. The zero-order valence-electron chi connectivity index (χ0n) is 16.6. The fourth-order valence-electron chi connectivity index (χ4n) is 2.28. The number of carbonyl (C=O) groups is 2. The van der Waals surface area contributed by atoms with Crippen LogP contribution in [0.2, 0.25) is 0 Å². The molecule has 0 heterocycles. The molecule has 29 heavy (non-hydrogen) atoms. The molecule has 8 nitrogen and oxygen atoms in total. The highest BCUT2D eigenvalue weighted by Crippen LogP contribution is 2.19. The van der Waals surface area contributed by atoms with Gasteiger partial charge in [0.25, 0.3) is 15.9 Å². The SMILES string of the molecule is CCOc1ccc(S(=O)(=O)Nc2ccc(C(=O)NNC(=O)[C@@H](C)CC)cc2)cc1. The van der Waals surface area contributed by atoms with Crippen LogP contribution in [0.15, 0.2) is 53.4 Å². The Labute approximate surface area is 170 Å². The molecule has 0 spiro atoms. The molecule has 0 aliphatic rings. The van der Waals surface area contributed by atoms with E-state index in [0.29, 0.717) is 24.5 Å². The second-order valence-corrected chi connectivity index (χ2v) is 8.02. The normalized spacial score (nSPS) is 12.0. The summed E-state index contributed by atoms with van der Waals surface area (Å²) in [5, 5.41) is 0. The molecule has 3 N–H and O–H groups in total. The van der Waals surface area contributed by atoms with Gasteiger partial charge in [0.1, 0.15) is 5.75 Å². The zero-order chi connectivity index (χ0) is 21.4. The van der Waals surface area contributed by atoms with Crippen LogP contribution in [0.5, 0.6) is 5.75 Å². The van der Waals surface area contributed by atoms with Crippen molar-refractivity contribution in [3.05, 3.63) is 54.1 Å². The van der Waals surface area contributed by atoms with E-state index in [9.17, 15) is 18.0 Å². The third kappa shape index (κ3) is 6.21. The Morgan fingerprint density at radius 1 is 0.966 bits per heavy atom. The quantitative estimate of drug-likeness (QED) is 0.569. The lowest BCUT2D eigenvalue weighted by Gasteiger charge is -2.12. The second kappa shape index (κ2) is 9.92. The van der Waals surface area contributed by atoms with Crippen molar-refractivity contribution in [1.82, 2.24) is 10.9 Å². The predicted molar refractivity (Wildman–Crippen MR) is 110 cm³/mol. The van der Waals surface area contributed by atoms with Crippen molar-refractivity contribution in [1.29, 1.82) is 0 Å². The minimum absolute atomic E-state index is 0.0931. The van der Waals surface area contributed by atoms with Crippen LogP contribution in [0.3, 0.4) is 0 Å². The molecule has 0 saturated carbocycles. The monoisotopic (exact) mass is 419 g/mol. The van der Waals surface area contributed by atoms with Crippen molar-refractivity contribution >= 4 is 27.5 Å². The van der Waals surface area contributed by atoms with Crippen molar-refractivity contribution in [2.75, 3.05) is 11.3 Å². The van der Waals surface area contributed by atoms with Crippen LogP contribution < -0.4 is 20.3 Å². The number of ether oxygens (including phenoxy) is 1. The lowest BCUT2D eigenvalue weighted by Crippen LogP contribution is -2.43. The number of rotatable bonds is 8. The summed E-state index contributed by atoms with van der Waals surface area (Å²) >= 11 is 0. The maximum absolute atomic E-state index is 12.5. The Hall–Kier alpha value is -3.07. The highest BCUT2D eigenvalue weighted by atomic mass is 32.2. The Kier molecular flexibility index (Phi) is 7.60. The van der Waals surface area contributed by atoms with E-state index in [1.54, 1.807) is 19.1 Å². The number of carbonyl (C=O) groups excluding carboxylic acids is 2. The summed E-state index contributed by atoms with van der Waals surface area (Å²) in [7, 11) is -3.78. The van der Waals surface area contributed by atoms with E-state index < -0.39 is 15.9 Å². The number of hydrazine groups is 1. The van der Waals surface area contributed by atoms with E-state index >= 15 is 0 Å². The maximum Gasteiger partial charge on any atom is 0.269 e. The molecular weight excluding hydrogens is 394 g/mol. The summed E-state index contributed by atoms with van der Waals surface area (Å²) in [5.74, 6) is -0.403. The topological polar surface area (TPSA) is 114 Å². The first kappa shape index (κ1) is 22.2. The summed E-state index contributed by atoms with van der Waals surface area (Å²) in [6.45, 7) is 5.97. The molecule has 0 fully saturated rings. The lowest BCUT2D eigenvalue weighted by molar-refractivity contribution is -0.125. The molecule has 0 unspecified atom stereocenters. The van der Waals surface area contributed by atoms with Gasteiger partial charge >= 0.3 is 0 Å². The molecule has 2 aromatic rings. The van der Waals surface area contributed by atoms with Crippen LogP contribution in [0.1, 0.15) is 37.6 Å². The average Bonchev–Trinajstić information content (AvgIpc) is 2.72. The van der Waals surface area contributed by atoms with Crippen molar-refractivity contribution in [3.8, 4) is 5.75 Å². The van der Waals surface area contributed by atoms with Gasteiger partial charge in [-0.1, -0.05) is 13.8 Å². The molecule has 156 valence electrons. The van der Waals surface area contributed by atoms with Gasteiger partial charge in [-0.15, -0.1) is 0 Å². The number of nitrogens with one attached hydrogen (secondary N) is 3. The molecule has 2 amide bonds. The Balaban J connectivity index is 2.00. The maximum atomic E-state index is 12.5. The van der Waals surface area contributed by atoms with Crippen molar-refractivity contribution in [3.63, 3.8) is 0 Å². The van der Waals surface area contributed by atoms with Crippen molar-refractivity contribution in [2.45, 2.75) is 32.1 Å². The molecule has 0 aliphatic carbocycles. The van der Waals surface area contributed by atoms with E-state index in [2.05, 4.69) is 15.6 Å². The molecule has 0 aromatic heterocycles. The Morgan fingerprint density at radius 3 is 2.14 bits per heavy atom. The van der Waals surface area contributed by atoms with Crippen LogP contribution >= 0.6 is 0 Å². The van der Waals surface area contributed by atoms with E-state index in [4.69, 9.17) is 4.74 Å². The predicted octanol–water partition coefficient (Wildman–Crippen LogP) is 2.69. The first-order chi connectivity index (χ1) is 13.8. The third-order valence-corrected chi connectivity index (χ3v) is 5.60. The third-order valence-electron chi connectivity index (χ3n) is 4.20. The number of hydrogen-bond donors (Lipinski definition) is 3. The number of hydrogen-bond acceptors (Lipinski definition) is 5. The van der Waals surface area contributed by atoms with Gasteiger partial charge in [0.05, 0.1) is 11.5 Å². The molecule has 0 radical (unpaired) electrons. The van der Waals surface area contributed by atoms with E-state index in [0.717, 1.165) is 0 Å². The smallest absolute Gasteiger partial charge is 0.269 e. The van der Waals surface area contributed by atoms with Gasteiger partial charge in [0.2, 0.25) is 5.91 Å². The molecule has 1 atom stereocenters. The Bertz CT molecular complexity index is 941. The lowest BCUT2D eigenvalue weighted by atomic mass is 10.1. The number of amides is 2. The van der Waals surface area contributed by atoms with E-state index in [1.807, 2.05) is 13.8 Å². The Morgan fingerprint density at radius 2 is 1.59 bits per heavy atom. The average molecular weight is 420 g/mol. The summed E-state index contributed by atoms with van der Waals surface area (Å²) < 4.78 is 32.7. The van der Waals surface area contributed by atoms with Crippen LogP contribution in [-0.2, 0) is 14.8 Å². The minimum atomic E-state index is -3.78. The summed E-state index contributed by atoms with van der Waals surface area (Å²) in [4.78, 5) is 23.9. The summed E-state index contributed by atoms with van der Waals surface area (Å²) in [6.07, 6.45) is 0.658. The largest absolute Gasteiger partial charge is 0.494 e. The molecule has 2 aromatic carbocycles. The van der Waals surface area contributed by atoms with E-state index in [1.165, 1.54) is 36.4 Å². The molecule has 0 aliphatic heterocycles. The first-order valence-corrected chi connectivity index (χ1v) is 10.7. The molecule has 9 heteroatoms. The fraction of sp³-hybridized carbons (Fsp3) is 0.300. The van der Waals surface area contributed by atoms with Gasteiger partial charge in [0, 0.05) is 17.2 Å². The molecular formula is C20H25N3O5S. The highest BCUT2D eigenvalue weighted by Gasteiger charge is 2.15. The van der Waals surface area contributed by atoms with Gasteiger partial charge in [-0.05, 0) is 61.9 Å². The van der Waals surface area contributed by atoms with Gasteiger partial charge in [-0.2, -0.15) is 0 Å². The molecule has 2 rings (SSSR count). The minimum Gasteiger partial charge on any atom is -0.494 e. The zero-order valence-corrected chi connectivity index (χ0v) is 17.4. The van der Waals surface area contributed by atoms with Gasteiger partial charge < -0.3 is 4.74 Å². The fourth-order valence-corrected chi connectivity index (χ4v) is 3.34. The standard InChI is InChI=1S/C20H25N3O5S/c1-4-14(3)19(24)21-22-20(25)15-6-8-16(9-7-15)23-29(26,27)18-12-10-17(11-13-18)28-5-2/h6-14,23H,4-5H2,1-3H3,(H,21,24)(H,22,25)/t14-/m0/s1. The second-order valence-electron chi connectivity index (χ2n) is 6.34. The number of benzene rings is 2. The number of sulfonamides is 1. The van der Waals surface area contributed by atoms with Crippen LogP contribution in [0.25, 0.3) is 0 Å². The highest BCUT2D eigenvalue weighted by molar-refractivity contribution is 7.92. The molecule has 0 saturated heterocycles. The van der Waals surface area contributed by atoms with Crippen LogP contribution in [0, 0.1) is 5.92 Å². The van der Waals surface area contributed by atoms with Gasteiger partial charge in [-0.3, -0.25) is 25.2 Å². The van der Waals surface area contributed by atoms with Gasteiger partial charge in [-0.25, -0.2) is 8.42 Å². The molecule has 0 bridgehead atoms. The van der Waals surface area contributed by atoms with Crippen LogP contribution in [-0.4, -0.2) is 26.8 Å². The van der Waals surface area contributed by atoms with Crippen molar-refractivity contribution < 1.29 is 22.7 Å².